The van der Waals surface area contributed by atoms with Crippen LogP contribution in [0.3, 0.4) is 0 Å². The highest BCUT2D eigenvalue weighted by atomic mass is 15.5. The van der Waals surface area contributed by atoms with Crippen LogP contribution in [0, 0.1) is 6.92 Å². The van der Waals surface area contributed by atoms with Gasteiger partial charge in [-0.2, -0.15) is 4.63 Å². The molecule has 4 aromatic heterocycles. The lowest BCUT2D eigenvalue weighted by atomic mass is 9.97. The van der Waals surface area contributed by atoms with Gasteiger partial charge in [0.2, 0.25) is 0 Å². The fourth-order valence-corrected chi connectivity index (χ4v) is 6.28. The van der Waals surface area contributed by atoms with Crippen molar-refractivity contribution in [3.05, 3.63) is 125 Å². The van der Waals surface area contributed by atoms with Gasteiger partial charge in [-0.1, -0.05) is 104 Å². The van der Waals surface area contributed by atoms with E-state index in [0.29, 0.717) is 18.2 Å². The van der Waals surface area contributed by atoms with E-state index in [1.165, 1.54) is 16.7 Å². The lowest BCUT2D eigenvalue weighted by Crippen LogP contribution is -2.10. The van der Waals surface area contributed by atoms with Crippen molar-refractivity contribution in [1.82, 2.24) is 60.6 Å². The number of H-pyrrole nitrogens is 2. The Morgan fingerprint density at radius 1 is 0.646 bits per heavy atom. The Morgan fingerprint density at radius 3 is 1.71 bits per heavy atom. The van der Waals surface area contributed by atoms with Crippen LogP contribution in [0.15, 0.2) is 97.1 Å². The molecule has 0 atom stereocenters. The number of nitrogens with one attached hydrogen (secondary N) is 2. The first kappa shape index (κ1) is 29.1. The summed E-state index contributed by atoms with van der Waals surface area (Å²) in [5.41, 5.74) is 11.8. The van der Waals surface area contributed by atoms with Crippen LogP contribution in [-0.2, 0) is 19.4 Å². The highest BCUT2D eigenvalue weighted by Crippen LogP contribution is 2.32. The van der Waals surface area contributed by atoms with E-state index in [-0.39, 0.29) is 0 Å². The van der Waals surface area contributed by atoms with Crippen molar-refractivity contribution in [1.29, 1.82) is 0 Å². The summed E-state index contributed by atoms with van der Waals surface area (Å²) >= 11 is 0. The van der Waals surface area contributed by atoms with Crippen LogP contribution in [0.5, 0.6) is 0 Å². The largest absolute Gasteiger partial charge is 0.263 e. The zero-order chi connectivity index (χ0) is 32.5. The first-order valence-electron chi connectivity index (χ1n) is 15.9. The fraction of sp³-hybridized carbons (Fsp3) is 0.167. The molecule has 8 aromatic rings. The fourth-order valence-electron chi connectivity index (χ4n) is 6.28. The van der Waals surface area contributed by atoms with Crippen molar-refractivity contribution >= 4 is 5.65 Å². The minimum atomic E-state index is 0.644. The van der Waals surface area contributed by atoms with Crippen LogP contribution in [0.2, 0.25) is 0 Å². The van der Waals surface area contributed by atoms with Gasteiger partial charge in [0.15, 0.2) is 23.1 Å². The first-order chi connectivity index (χ1) is 23.7. The third-order valence-electron chi connectivity index (χ3n) is 8.73. The molecule has 0 aliphatic rings. The quantitative estimate of drug-likeness (QED) is 0.183. The number of tetrazole rings is 2. The maximum absolute atomic E-state index is 5.00. The number of aromatic nitrogens is 12. The first-order valence-corrected chi connectivity index (χ1v) is 15.9. The van der Waals surface area contributed by atoms with Crippen LogP contribution in [0.4, 0.5) is 0 Å². The average molecular weight is 633 g/mol. The van der Waals surface area contributed by atoms with Gasteiger partial charge in [-0.25, -0.2) is 15.2 Å². The molecule has 0 unspecified atom stereocenters. The summed E-state index contributed by atoms with van der Waals surface area (Å²) in [6.45, 7) is 4.98. The van der Waals surface area contributed by atoms with Crippen LogP contribution in [0.1, 0.15) is 41.6 Å². The molecular weight excluding hydrogens is 600 g/mol. The van der Waals surface area contributed by atoms with Gasteiger partial charge in [-0.3, -0.25) is 4.68 Å². The van der Waals surface area contributed by atoms with E-state index in [4.69, 9.17) is 10.1 Å². The van der Waals surface area contributed by atoms with Gasteiger partial charge in [-0.15, -0.1) is 15.3 Å². The maximum atomic E-state index is 5.00. The minimum Gasteiger partial charge on any atom is -0.263 e. The molecule has 0 spiro atoms. The molecule has 0 fully saturated rings. The van der Waals surface area contributed by atoms with Crippen molar-refractivity contribution in [2.45, 2.75) is 39.7 Å². The SMILES string of the molecule is CCCc1nc2c(Cc3ccc(-c4ccccc4-c4nnn[nH]4)cc3)c(C)n(Cc3ccc(-c4ccccc4-c4nnn[nH]4)cc3)n2n1. The molecule has 12 heteroatoms. The summed E-state index contributed by atoms with van der Waals surface area (Å²) in [6.07, 6.45) is 2.57. The number of rotatable bonds is 10. The van der Waals surface area contributed by atoms with Gasteiger partial charge >= 0.3 is 0 Å². The summed E-state index contributed by atoms with van der Waals surface area (Å²) in [5.74, 6) is 2.16. The highest BCUT2D eigenvalue weighted by Gasteiger charge is 2.20. The molecule has 0 aliphatic heterocycles. The Morgan fingerprint density at radius 2 is 1.19 bits per heavy atom. The lowest BCUT2D eigenvalue weighted by Gasteiger charge is -2.11. The Hall–Kier alpha value is -6.30. The van der Waals surface area contributed by atoms with Gasteiger partial charge < -0.3 is 0 Å². The molecule has 4 heterocycles. The number of nitrogens with zero attached hydrogens (tertiary/aromatic N) is 10. The number of hydrogen-bond donors (Lipinski definition) is 2. The summed E-state index contributed by atoms with van der Waals surface area (Å²) < 4.78 is 4.22. The van der Waals surface area contributed by atoms with Crippen LogP contribution >= 0.6 is 0 Å². The van der Waals surface area contributed by atoms with Crippen molar-refractivity contribution in [2.75, 3.05) is 0 Å². The maximum Gasteiger partial charge on any atom is 0.180 e. The molecule has 12 nitrogen and oxygen atoms in total. The van der Waals surface area contributed by atoms with Gasteiger partial charge in [0.1, 0.15) is 0 Å². The Labute approximate surface area is 275 Å². The predicted octanol–water partition coefficient (Wildman–Crippen LogP) is 6.13. The molecule has 48 heavy (non-hydrogen) atoms. The molecule has 236 valence electrons. The number of hydrogen-bond acceptors (Lipinski definition) is 8. The second kappa shape index (κ2) is 12.5. The van der Waals surface area contributed by atoms with E-state index in [1.54, 1.807) is 0 Å². The zero-order valence-corrected chi connectivity index (χ0v) is 26.5. The van der Waals surface area contributed by atoms with E-state index in [0.717, 1.165) is 69.8 Å². The minimum absolute atomic E-state index is 0.644. The molecule has 4 aromatic carbocycles. The van der Waals surface area contributed by atoms with Gasteiger partial charge in [0.05, 0.1) is 6.54 Å². The van der Waals surface area contributed by atoms with Crippen LogP contribution < -0.4 is 0 Å². The molecular formula is C36H32N12. The molecule has 0 radical (unpaired) electrons. The summed E-state index contributed by atoms with van der Waals surface area (Å²) in [5, 5.41) is 34.0. The highest BCUT2D eigenvalue weighted by molar-refractivity contribution is 5.81. The number of benzene rings is 4. The number of aryl methyl sites for hydroxylation is 1. The van der Waals surface area contributed by atoms with Crippen molar-refractivity contribution < 1.29 is 0 Å². The zero-order valence-electron chi connectivity index (χ0n) is 26.5. The van der Waals surface area contributed by atoms with Crippen molar-refractivity contribution in [3.8, 4) is 45.0 Å². The normalized spacial score (nSPS) is 11.5. The molecule has 2 N–H and O–H groups in total. The molecule has 0 bridgehead atoms. The predicted molar refractivity (Wildman–Crippen MR) is 182 cm³/mol. The smallest absolute Gasteiger partial charge is 0.180 e. The Balaban J connectivity index is 1.09. The lowest BCUT2D eigenvalue weighted by molar-refractivity contribution is 0.563. The Bertz CT molecular complexity index is 2140. The number of aromatic amines is 2. The van der Waals surface area contributed by atoms with Gasteiger partial charge in [-0.05, 0) is 67.6 Å². The molecule has 0 saturated carbocycles. The van der Waals surface area contributed by atoms with Crippen molar-refractivity contribution in [3.63, 3.8) is 0 Å². The second-order valence-electron chi connectivity index (χ2n) is 11.8. The number of fused-ring (bicyclic) bond motifs is 1. The third kappa shape index (κ3) is 5.42. The van der Waals surface area contributed by atoms with Crippen LogP contribution in [0.25, 0.3) is 50.7 Å². The summed E-state index contributed by atoms with van der Waals surface area (Å²) in [6, 6.07) is 33.6. The molecule has 0 aliphatic carbocycles. The molecule has 8 rings (SSSR count). The van der Waals surface area contributed by atoms with Crippen LogP contribution in [-0.4, -0.2) is 60.6 Å². The van der Waals surface area contributed by atoms with E-state index in [2.05, 4.69) is 120 Å². The summed E-state index contributed by atoms with van der Waals surface area (Å²) in [4.78, 5) is 5.00. The van der Waals surface area contributed by atoms with Gasteiger partial charge in [0.25, 0.3) is 0 Å². The second-order valence-corrected chi connectivity index (χ2v) is 11.8. The third-order valence-corrected chi connectivity index (χ3v) is 8.73. The van der Waals surface area contributed by atoms with E-state index in [9.17, 15) is 0 Å². The van der Waals surface area contributed by atoms with E-state index in [1.807, 2.05) is 41.0 Å². The molecule has 0 amide bonds. The standard InChI is InChI=1S/C36H32N12/c1-3-8-33-37-36-32(21-24-13-17-26(18-14-24)28-9-4-6-11-30(28)34-38-43-44-39-34)23(2)47(48(36)42-33)22-25-15-19-27(20-16-25)29-10-5-7-12-31(29)35-40-45-46-41-35/h4-7,9-20H,3,8,21-22H2,1-2H3,(H,38,39,43,44)(H,40,41,45,46). The monoisotopic (exact) mass is 632 g/mol. The average Bonchev–Trinajstić information content (AvgIpc) is 3.96. The van der Waals surface area contributed by atoms with E-state index >= 15 is 0 Å². The molecule has 0 saturated heterocycles. The summed E-state index contributed by atoms with van der Waals surface area (Å²) in [7, 11) is 0. The topological polar surface area (TPSA) is 144 Å². The van der Waals surface area contributed by atoms with E-state index < -0.39 is 0 Å². The van der Waals surface area contributed by atoms with Crippen molar-refractivity contribution in [2.24, 2.45) is 0 Å². The Kier molecular flexibility index (Phi) is 7.57. The van der Waals surface area contributed by atoms with Gasteiger partial charge in [0, 0.05) is 35.2 Å².